The maximum atomic E-state index is 9.04. The lowest BCUT2D eigenvalue weighted by molar-refractivity contribution is 0.0623. The quantitative estimate of drug-likeness (QED) is 0.429. The van der Waals surface area contributed by atoms with Crippen molar-refractivity contribution in [2.24, 2.45) is 5.41 Å². The topological polar surface area (TPSA) is 42.2 Å². The number of hydrogen-bond donors (Lipinski definition) is 0. The fraction of sp³-hybridized carbons (Fsp3) is 0.458. The van der Waals surface area contributed by atoms with E-state index in [1.54, 1.807) is 0 Å². The second-order valence-corrected chi connectivity index (χ2v) is 7.67. The van der Waals surface area contributed by atoms with Crippen LogP contribution in [0, 0.1) is 16.7 Å². The standard InChI is InChI=1S/C24H31NO2/c1-20(26-16-9-5-8-15-24(2,3)19-25)22-13-10-14-23(17-22)27-18-21-11-6-4-7-12-21/h4,6-7,10-14,17,20H,5,8-9,15-16,18H2,1-3H3. The predicted molar refractivity (Wildman–Crippen MR) is 109 cm³/mol. The third-order valence-electron chi connectivity index (χ3n) is 4.69. The molecule has 2 aromatic carbocycles. The highest BCUT2D eigenvalue weighted by atomic mass is 16.5. The van der Waals surface area contributed by atoms with Gasteiger partial charge in [0.05, 0.1) is 17.6 Å². The van der Waals surface area contributed by atoms with E-state index in [1.165, 1.54) is 0 Å². The van der Waals surface area contributed by atoms with Crippen molar-refractivity contribution in [2.75, 3.05) is 6.61 Å². The normalized spacial score (nSPS) is 12.4. The monoisotopic (exact) mass is 365 g/mol. The van der Waals surface area contributed by atoms with Crippen molar-refractivity contribution in [3.05, 3.63) is 65.7 Å². The molecule has 0 spiro atoms. The summed E-state index contributed by atoms with van der Waals surface area (Å²) in [6.07, 6.45) is 4.18. The smallest absolute Gasteiger partial charge is 0.120 e. The first-order valence-corrected chi connectivity index (χ1v) is 9.80. The van der Waals surface area contributed by atoms with Crippen molar-refractivity contribution in [2.45, 2.75) is 59.2 Å². The SMILES string of the molecule is CC(OCCCCCC(C)(C)C#N)c1cccc(OCc2ccccc2)c1. The molecule has 0 amide bonds. The van der Waals surface area contributed by atoms with Gasteiger partial charge in [0.2, 0.25) is 0 Å². The molecule has 27 heavy (non-hydrogen) atoms. The van der Waals surface area contributed by atoms with Gasteiger partial charge in [-0.3, -0.25) is 0 Å². The summed E-state index contributed by atoms with van der Waals surface area (Å²) in [6, 6.07) is 20.7. The second-order valence-electron chi connectivity index (χ2n) is 7.67. The average Bonchev–Trinajstić information content (AvgIpc) is 2.70. The molecule has 0 saturated heterocycles. The van der Waals surface area contributed by atoms with Gasteiger partial charge in [-0.1, -0.05) is 55.3 Å². The summed E-state index contributed by atoms with van der Waals surface area (Å²) in [5.41, 5.74) is 2.08. The molecule has 1 atom stereocenters. The zero-order valence-corrected chi connectivity index (χ0v) is 16.8. The van der Waals surface area contributed by atoms with Crippen LogP contribution in [-0.4, -0.2) is 6.61 Å². The highest BCUT2D eigenvalue weighted by Gasteiger charge is 2.15. The van der Waals surface area contributed by atoms with E-state index in [0.29, 0.717) is 6.61 Å². The van der Waals surface area contributed by atoms with E-state index in [2.05, 4.69) is 37.3 Å². The molecule has 0 aliphatic rings. The number of nitrogens with zero attached hydrogens (tertiary/aromatic N) is 1. The fourth-order valence-corrected chi connectivity index (χ4v) is 2.86. The first kappa shape index (κ1) is 21.0. The predicted octanol–water partition coefficient (Wildman–Crippen LogP) is 6.45. The van der Waals surface area contributed by atoms with E-state index in [1.807, 2.05) is 44.2 Å². The lowest BCUT2D eigenvalue weighted by Crippen LogP contribution is -2.07. The molecule has 0 aliphatic carbocycles. The van der Waals surface area contributed by atoms with Crippen molar-refractivity contribution in [3.63, 3.8) is 0 Å². The van der Waals surface area contributed by atoms with Crippen LogP contribution in [0.1, 0.15) is 63.7 Å². The van der Waals surface area contributed by atoms with Crippen LogP contribution in [0.5, 0.6) is 5.75 Å². The molecular formula is C24H31NO2. The Hall–Kier alpha value is -2.31. The van der Waals surface area contributed by atoms with E-state index in [0.717, 1.165) is 49.2 Å². The molecular weight excluding hydrogens is 334 g/mol. The number of rotatable bonds is 11. The van der Waals surface area contributed by atoms with Crippen LogP contribution in [0.2, 0.25) is 0 Å². The highest BCUT2D eigenvalue weighted by Crippen LogP contribution is 2.24. The van der Waals surface area contributed by atoms with Gasteiger partial charge in [-0.25, -0.2) is 0 Å². The lowest BCUT2D eigenvalue weighted by Gasteiger charge is -2.16. The van der Waals surface area contributed by atoms with Crippen LogP contribution >= 0.6 is 0 Å². The third-order valence-corrected chi connectivity index (χ3v) is 4.69. The molecule has 0 fully saturated rings. The van der Waals surface area contributed by atoms with Crippen LogP contribution in [-0.2, 0) is 11.3 Å². The Balaban J connectivity index is 1.71. The lowest BCUT2D eigenvalue weighted by atomic mass is 9.89. The molecule has 2 rings (SSSR count). The van der Waals surface area contributed by atoms with Crippen molar-refractivity contribution in [3.8, 4) is 11.8 Å². The van der Waals surface area contributed by atoms with Gasteiger partial charge in [0.15, 0.2) is 0 Å². The highest BCUT2D eigenvalue weighted by molar-refractivity contribution is 5.30. The molecule has 0 bridgehead atoms. The van der Waals surface area contributed by atoms with E-state index < -0.39 is 0 Å². The first-order valence-electron chi connectivity index (χ1n) is 9.80. The van der Waals surface area contributed by atoms with Crippen LogP contribution in [0.3, 0.4) is 0 Å². The van der Waals surface area contributed by atoms with Gasteiger partial charge in [-0.05, 0) is 56.9 Å². The zero-order chi connectivity index (χ0) is 19.5. The molecule has 0 aromatic heterocycles. The third kappa shape index (κ3) is 7.85. The molecule has 0 aliphatic heterocycles. The van der Waals surface area contributed by atoms with Crippen molar-refractivity contribution in [1.29, 1.82) is 5.26 Å². The number of unbranched alkanes of at least 4 members (excludes halogenated alkanes) is 2. The largest absolute Gasteiger partial charge is 0.489 e. The molecule has 0 heterocycles. The van der Waals surface area contributed by atoms with Crippen LogP contribution in [0.15, 0.2) is 54.6 Å². The average molecular weight is 366 g/mol. The zero-order valence-electron chi connectivity index (χ0n) is 16.8. The minimum absolute atomic E-state index is 0.0424. The van der Waals surface area contributed by atoms with E-state index >= 15 is 0 Å². The summed E-state index contributed by atoms with van der Waals surface area (Å²) in [5, 5.41) is 9.04. The number of benzene rings is 2. The maximum Gasteiger partial charge on any atom is 0.120 e. The van der Waals surface area contributed by atoms with Crippen molar-refractivity contribution >= 4 is 0 Å². The Bertz CT molecular complexity index is 719. The van der Waals surface area contributed by atoms with Gasteiger partial charge < -0.3 is 9.47 Å². The molecule has 0 saturated carbocycles. The van der Waals surface area contributed by atoms with Gasteiger partial charge in [0, 0.05) is 6.61 Å². The van der Waals surface area contributed by atoms with Gasteiger partial charge >= 0.3 is 0 Å². The number of hydrogen-bond acceptors (Lipinski definition) is 3. The van der Waals surface area contributed by atoms with Crippen molar-refractivity contribution in [1.82, 2.24) is 0 Å². The second kappa shape index (κ2) is 10.7. The first-order chi connectivity index (χ1) is 13.0. The molecule has 3 heteroatoms. The van der Waals surface area contributed by atoms with Gasteiger partial charge in [-0.2, -0.15) is 5.26 Å². The fourth-order valence-electron chi connectivity index (χ4n) is 2.86. The molecule has 144 valence electrons. The van der Waals surface area contributed by atoms with E-state index in [-0.39, 0.29) is 11.5 Å². The minimum atomic E-state index is -0.214. The summed E-state index contributed by atoms with van der Waals surface area (Å²) in [4.78, 5) is 0. The van der Waals surface area contributed by atoms with Gasteiger partial charge in [0.25, 0.3) is 0 Å². The molecule has 2 aromatic rings. The Labute approximate surface area is 163 Å². The summed E-state index contributed by atoms with van der Waals surface area (Å²) in [7, 11) is 0. The molecule has 3 nitrogen and oxygen atoms in total. The number of ether oxygens (including phenoxy) is 2. The Kier molecular flexibility index (Phi) is 8.36. The van der Waals surface area contributed by atoms with Crippen LogP contribution in [0.4, 0.5) is 0 Å². The van der Waals surface area contributed by atoms with Crippen LogP contribution in [0.25, 0.3) is 0 Å². The molecule has 1 unspecified atom stereocenters. The molecule has 0 N–H and O–H groups in total. The Morgan fingerprint density at radius 3 is 2.52 bits per heavy atom. The Morgan fingerprint density at radius 1 is 1.00 bits per heavy atom. The summed E-state index contributed by atoms with van der Waals surface area (Å²) in [6.45, 7) is 7.38. The minimum Gasteiger partial charge on any atom is -0.489 e. The summed E-state index contributed by atoms with van der Waals surface area (Å²) < 4.78 is 11.9. The number of nitriles is 1. The summed E-state index contributed by atoms with van der Waals surface area (Å²) in [5.74, 6) is 0.866. The van der Waals surface area contributed by atoms with Gasteiger partial charge in [0.1, 0.15) is 12.4 Å². The van der Waals surface area contributed by atoms with Crippen molar-refractivity contribution < 1.29 is 9.47 Å². The molecule has 0 radical (unpaired) electrons. The van der Waals surface area contributed by atoms with Gasteiger partial charge in [-0.15, -0.1) is 0 Å². The van der Waals surface area contributed by atoms with Crippen LogP contribution < -0.4 is 4.74 Å². The Morgan fingerprint density at radius 2 is 1.78 bits per heavy atom. The van der Waals surface area contributed by atoms with E-state index in [9.17, 15) is 0 Å². The summed E-state index contributed by atoms with van der Waals surface area (Å²) >= 11 is 0. The van der Waals surface area contributed by atoms with E-state index in [4.69, 9.17) is 14.7 Å². The maximum absolute atomic E-state index is 9.04.